The molecular weight excluding hydrogens is 332 g/mol. The summed E-state index contributed by atoms with van der Waals surface area (Å²) in [4.78, 5) is 17.9. The second-order valence-corrected chi connectivity index (χ2v) is 6.10. The predicted octanol–water partition coefficient (Wildman–Crippen LogP) is 4.36. The molecule has 5 heteroatoms. The van der Waals surface area contributed by atoms with E-state index in [1.165, 1.54) is 19.3 Å². The van der Waals surface area contributed by atoms with E-state index in [2.05, 4.69) is 25.9 Å². The summed E-state index contributed by atoms with van der Waals surface area (Å²) in [6, 6.07) is 7.86. The number of hydrogen-bond acceptors (Lipinski definition) is 3. The van der Waals surface area contributed by atoms with Crippen LogP contribution in [0.25, 0.3) is 11.3 Å². The normalized spacial score (nSPS) is 15.9. The summed E-state index contributed by atoms with van der Waals surface area (Å²) in [5.74, 6) is 1.22. The molecule has 3 rings (SSSR count). The molecule has 1 aromatic carbocycles. The molecule has 1 aliphatic rings. The number of ether oxygens (including phenoxy) is 1. The van der Waals surface area contributed by atoms with Crippen LogP contribution < -0.4 is 4.74 Å². The van der Waals surface area contributed by atoms with Gasteiger partial charge < -0.3 is 9.72 Å². The summed E-state index contributed by atoms with van der Waals surface area (Å²) in [6.45, 7) is 0. The first-order valence-electron chi connectivity index (χ1n) is 7.24. The van der Waals surface area contributed by atoms with E-state index < -0.39 is 0 Å². The molecule has 0 saturated heterocycles. The summed E-state index contributed by atoms with van der Waals surface area (Å²) in [5.41, 5.74) is 1.68. The lowest BCUT2D eigenvalue weighted by atomic mass is 9.98. The van der Waals surface area contributed by atoms with Gasteiger partial charge in [0, 0.05) is 5.56 Å². The molecule has 1 heterocycles. The molecule has 21 heavy (non-hydrogen) atoms. The number of H-pyrrole nitrogens is 1. The summed E-state index contributed by atoms with van der Waals surface area (Å²) >= 11 is 3.38. The van der Waals surface area contributed by atoms with Crippen LogP contribution in [0.3, 0.4) is 0 Å². The van der Waals surface area contributed by atoms with Gasteiger partial charge in [-0.05, 0) is 65.9 Å². The summed E-state index contributed by atoms with van der Waals surface area (Å²) in [7, 11) is 0. The lowest BCUT2D eigenvalue weighted by molar-refractivity contribution is 0.111. The Hall–Kier alpha value is -1.62. The molecule has 0 bridgehead atoms. The molecule has 1 aromatic heterocycles. The van der Waals surface area contributed by atoms with Gasteiger partial charge in [-0.25, -0.2) is 4.98 Å². The number of nitrogens with zero attached hydrogens (tertiary/aromatic N) is 1. The van der Waals surface area contributed by atoms with Gasteiger partial charge in [0.05, 0.1) is 6.10 Å². The molecule has 0 spiro atoms. The van der Waals surface area contributed by atoms with Crippen molar-refractivity contribution >= 4 is 22.2 Å². The van der Waals surface area contributed by atoms with Gasteiger partial charge >= 0.3 is 0 Å². The summed E-state index contributed by atoms with van der Waals surface area (Å²) in [6.07, 6.45) is 7.20. The molecule has 0 amide bonds. The van der Waals surface area contributed by atoms with Gasteiger partial charge in [0.25, 0.3) is 0 Å². The molecule has 1 aliphatic carbocycles. The van der Waals surface area contributed by atoms with Gasteiger partial charge in [-0.15, -0.1) is 0 Å². The Morgan fingerprint density at radius 3 is 2.52 bits per heavy atom. The lowest BCUT2D eigenvalue weighted by Crippen LogP contribution is -2.19. The zero-order valence-electron chi connectivity index (χ0n) is 11.6. The van der Waals surface area contributed by atoms with E-state index in [0.717, 1.165) is 29.8 Å². The van der Waals surface area contributed by atoms with Crippen LogP contribution in [0.2, 0.25) is 0 Å². The number of imidazole rings is 1. The second kappa shape index (κ2) is 6.43. The standard InChI is InChI=1S/C16H17BrN2O2/c17-16-15(18-14(10-20)19-16)11-6-8-13(9-7-11)21-12-4-2-1-3-5-12/h6-10,12H,1-5H2,(H,18,19). The quantitative estimate of drug-likeness (QED) is 0.835. The average molecular weight is 349 g/mol. The number of aldehydes is 1. The van der Waals surface area contributed by atoms with E-state index in [-0.39, 0.29) is 0 Å². The van der Waals surface area contributed by atoms with E-state index in [0.29, 0.717) is 22.8 Å². The highest BCUT2D eigenvalue weighted by Gasteiger charge is 2.15. The van der Waals surface area contributed by atoms with E-state index >= 15 is 0 Å². The molecule has 2 aromatic rings. The zero-order valence-corrected chi connectivity index (χ0v) is 13.2. The summed E-state index contributed by atoms with van der Waals surface area (Å²) < 4.78 is 6.72. The maximum absolute atomic E-state index is 10.7. The van der Waals surface area contributed by atoms with Gasteiger partial charge in [0.2, 0.25) is 0 Å². The maximum Gasteiger partial charge on any atom is 0.185 e. The van der Waals surface area contributed by atoms with Crippen LogP contribution in [0.1, 0.15) is 42.7 Å². The Morgan fingerprint density at radius 1 is 1.19 bits per heavy atom. The molecule has 1 N–H and O–H groups in total. The third kappa shape index (κ3) is 3.35. The van der Waals surface area contributed by atoms with Crippen LogP contribution in [0.4, 0.5) is 0 Å². The smallest absolute Gasteiger partial charge is 0.185 e. The molecular formula is C16H17BrN2O2. The van der Waals surface area contributed by atoms with Gasteiger partial charge in [0.1, 0.15) is 16.0 Å². The van der Waals surface area contributed by atoms with Crippen molar-refractivity contribution in [1.82, 2.24) is 9.97 Å². The monoisotopic (exact) mass is 348 g/mol. The Bertz CT molecular complexity index is 616. The highest BCUT2D eigenvalue weighted by molar-refractivity contribution is 9.10. The first-order chi connectivity index (χ1) is 10.3. The van der Waals surface area contributed by atoms with Crippen LogP contribution in [0.5, 0.6) is 5.75 Å². The second-order valence-electron chi connectivity index (χ2n) is 5.30. The SMILES string of the molecule is O=Cc1nc(-c2ccc(OC3CCCCC3)cc2)c(Br)[nH]1. The van der Waals surface area contributed by atoms with Crippen LogP contribution in [0, 0.1) is 0 Å². The van der Waals surface area contributed by atoms with Crippen LogP contribution >= 0.6 is 15.9 Å². The number of carbonyl (C=O) groups excluding carboxylic acids is 1. The lowest BCUT2D eigenvalue weighted by Gasteiger charge is -2.23. The molecule has 1 fully saturated rings. The van der Waals surface area contributed by atoms with Gasteiger partial charge in [-0.3, -0.25) is 4.79 Å². The number of carbonyl (C=O) groups is 1. The Kier molecular flexibility index (Phi) is 4.39. The van der Waals surface area contributed by atoms with Crippen LogP contribution in [0.15, 0.2) is 28.9 Å². The van der Waals surface area contributed by atoms with E-state index in [1.807, 2.05) is 24.3 Å². The van der Waals surface area contributed by atoms with Crippen molar-refractivity contribution in [3.63, 3.8) is 0 Å². The van der Waals surface area contributed by atoms with Crippen molar-refractivity contribution in [2.24, 2.45) is 0 Å². The van der Waals surface area contributed by atoms with Gasteiger partial charge in [0.15, 0.2) is 12.1 Å². The number of halogens is 1. The van der Waals surface area contributed by atoms with E-state index in [1.54, 1.807) is 0 Å². The van der Waals surface area contributed by atoms with Crippen molar-refractivity contribution in [3.05, 3.63) is 34.7 Å². The van der Waals surface area contributed by atoms with Crippen molar-refractivity contribution in [1.29, 1.82) is 0 Å². The Balaban J connectivity index is 1.73. The molecule has 0 radical (unpaired) electrons. The van der Waals surface area contributed by atoms with Crippen molar-refractivity contribution in [3.8, 4) is 17.0 Å². The number of aromatic amines is 1. The van der Waals surface area contributed by atoms with Gasteiger partial charge in [-0.2, -0.15) is 0 Å². The number of aromatic nitrogens is 2. The van der Waals surface area contributed by atoms with Crippen molar-refractivity contribution in [2.45, 2.75) is 38.2 Å². The Morgan fingerprint density at radius 2 is 1.90 bits per heavy atom. The fraction of sp³-hybridized carbons (Fsp3) is 0.375. The molecule has 110 valence electrons. The summed E-state index contributed by atoms with van der Waals surface area (Å²) in [5, 5.41) is 0. The van der Waals surface area contributed by atoms with Gasteiger partial charge in [-0.1, -0.05) is 6.42 Å². The third-order valence-corrected chi connectivity index (χ3v) is 4.35. The maximum atomic E-state index is 10.7. The first-order valence-corrected chi connectivity index (χ1v) is 8.03. The third-order valence-electron chi connectivity index (χ3n) is 3.77. The van der Waals surface area contributed by atoms with Crippen LogP contribution in [-0.4, -0.2) is 22.4 Å². The van der Waals surface area contributed by atoms with E-state index in [4.69, 9.17) is 4.74 Å². The molecule has 4 nitrogen and oxygen atoms in total. The zero-order chi connectivity index (χ0) is 14.7. The number of benzene rings is 1. The number of hydrogen-bond donors (Lipinski definition) is 1. The highest BCUT2D eigenvalue weighted by atomic mass is 79.9. The fourth-order valence-corrected chi connectivity index (χ4v) is 3.20. The van der Waals surface area contributed by atoms with E-state index in [9.17, 15) is 4.79 Å². The topological polar surface area (TPSA) is 55.0 Å². The minimum absolute atomic E-state index is 0.319. The predicted molar refractivity (Wildman–Crippen MR) is 84.6 cm³/mol. The number of rotatable bonds is 4. The van der Waals surface area contributed by atoms with Crippen molar-refractivity contribution in [2.75, 3.05) is 0 Å². The molecule has 0 aliphatic heterocycles. The fourth-order valence-electron chi connectivity index (χ4n) is 2.68. The van der Waals surface area contributed by atoms with Crippen LogP contribution in [-0.2, 0) is 0 Å². The number of nitrogens with one attached hydrogen (secondary N) is 1. The molecule has 0 atom stereocenters. The molecule has 1 saturated carbocycles. The average Bonchev–Trinajstić information content (AvgIpc) is 2.90. The van der Waals surface area contributed by atoms with Crippen molar-refractivity contribution < 1.29 is 9.53 Å². The highest BCUT2D eigenvalue weighted by Crippen LogP contribution is 2.29. The largest absolute Gasteiger partial charge is 0.490 e. The molecule has 0 unspecified atom stereocenters. The Labute approximate surface area is 132 Å². The first kappa shape index (κ1) is 14.3. The minimum Gasteiger partial charge on any atom is -0.490 e. The minimum atomic E-state index is 0.319.